The zero-order valence-electron chi connectivity index (χ0n) is 11.4. The molecule has 1 atom stereocenters. The molecule has 6 heteroatoms. The highest BCUT2D eigenvalue weighted by Gasteiger charge is 2.19. The topological polar surface area (TPSA) is 29.8 Å². The van der Waals surface area contributed by atoms with Crippen molar-refractivity contribution in [1.29, 1.82) is 0 Å². The van der Waals surface area contributed by atoms with Gasteiger partial charge in [0.05, 0.1) is 17.3 Å². The zero-order chi connectivity index (χ0) is 14.1. The van der Waals surface area contributed by atoms with E-state index >= 15 is 0 Å². The molecule has 1 aliphatic heterocycles. The van der Waals surface area contributed by atoms with Crippen LogP contribution in [0.15, 0.2) is 23.1 Å². The van der Waals surface area contributed by atoms with Crippen LogP contribution in [0.4, 0.5) is 0 Å². The minimum atomic E-state index is 0.589. The van der Waals surface area contributed by atoms with Crippen molar-refractivity contribution in [3.8, 4) is 5.75 Å². The summed E-state index contributed by atoms with van der Waals surface area (Å²) in [6, 6.07) is 1.92. The third kappa shape index (κ3) is 2.80. The lowest BCUT2D eigenvalue weighted by atomic mass is 10.00. The Morgan fingerprint density at radius 1 is 1.55 bits per heavy atom. The van der Waals surface area contributed by atoms with Gasteiger partial charge in [0.25, 0.3) is 0 Å². The molecule has 2 aromatic heterocycles. The maximum Gasteiger partial charge on any atom is 0.146 e. The number of hydrogen-bond acceptors (Lipinski definition) is 3. The summed E-state index contributed by atoms with van der Waals surface area (Å²) in [6.07, 6.45) is 5.95. The molecule has 3 rings (SSSR count). The van der Waals surface area contributed by atoms with Crippen molar-refractivity contribution in [3.63, 3.8) is 0 Å². The van der Waals surface area contributed by atoms with E-state index in [0.29, 0.717) is 11.1 Å². The fourth-order valence-corrected chi connectivity index (χ4v) is 3.32. The van der Waals surface area contributed by atoms with Gasteiger partial charge in [-0.3, -0.25) is 4.40 Å². The lowest BCUT2D eigenvalue weighted by molar-refractivity contribution is 0.151. The molecule has 20 heavy (non-hydrogen) atoms. The molecule has 2 aromatic rings. The van der Waals surface area contributed by atoms with Gasteiger partial charge in [0.1, 0.15) is 22.7 Å². The average molecular weight is 359 g/mol. The summed E-state index contributed by atoms with van der Waals surface area (Å²) in [5, 5.41) is 0.613. The van der Waals surface area contributed by atoms with Gasteiger partial charge in [-0.05, 0) is 48.4 Å². The number of aromatic nitrogens is 2. The first kappa shape index (κ1) is 14.2. The molecule has 0 spiro atoms. The van der Waals surface area contributed by atoms with Crippen molar-refractivity contribution in [2.24, 2.45) is 5.92 Å². The van der Waals surface area contributed by atoms with Crippen LogP contribution in [0.1, 0.15) is 12.8 Å². The molecule has 1 saturated heterocycles. The largest absolute Gasteiger partial charge is 0.491 e. The number of imidazole rings is 1. The predicted molar refractivity (Wildman–Crippen MR) is 83.6 cm³/mol. The molecule has 0 amide bonds. The third-order valence-corrected chi connectivity index (χ3v) is 4.97. The predicted octanol–water partition coefficient (Wildman–Crippen LogP) is 3.47. The van der Waals surface area contributed by atoms with Gasteiger partial charge >= 0.3 is 0 Å². The smallest absolute Gasteiger partial charge is 0.146 e. The van der Waals surface area contributed by atoms with E-state index < -0.39 is 0 Å². The van der Waals surface area contributed by atoms with E-state index in [1.807, 2.05) is 10.5 Å². The van der Waals surface area contributed by atoms with Gasteiger partial charge in [0.2, 0.25) is 0 Å². The SMILES string of the molecule is CN1CCCC(COc2cc(Br)c(Cl)n3cncc23)C1. The van der Waals surface area contributed by atoms with Crippen LogP contribution < -0.4 is 4.74 Å². The van der Waals surface area contributed by atoms with Crippen molar-refractivity contribution < 1.29 is 4.74 Å². The van der Waals surface area contributed by atoms with E-state index in [4.69, 9.17) is 16.3 Å². The Morgan fingerprint density at radius 3 is 3.20 bits per heavy atom. The van der Waals surface area contributed by atoms with Crippen LogP contribution in [0.5, 0.6) is 5.75 Å². The van der Waals surface area contributed by atoms with E-state index in [9.17, 15) is 0 Å². The van der Waals surface area contributed by atoms with Gasteiger partial charge in [-0.2, -0.15) is 0 Å². The van der Waals surface area contributed by atoms with Crippen LogP contribution in [0, 0.1) is 5.92 Å². The minimum Gasteiger partial charge on any atom is -0.491 e. The Hall–Kier alpha value is -0.780. The quantitative estimate of drug-likeness (QED) is 0.787. The normalized spacial score (nSPS) is 20.4. The summed E-state index contributed by atoms with van der Waals surface area (Å²) in [6.45, 7) is 3.03. The molecule has 1 aliphatic rings. The van der Waals surface area contributed by atoms with Gasteiger partial charge in [0, 0.05) is 12.5 Å². The molecule has 1 unspecified atom stereocenters. The van der Waals surface area contributed by atoms with Crippen molar-refractivity contribution >= 4 is 33.0 Å². The second-order valence-electron chi connectivity index (χ2n) is 5.38. The molecule has 0 aliphatic carbocycles. The number of rotatable bonds is 3. The van der Waals surface area contributed by atoms with Crippen LogP contribution in [-0.2, 0) is 0 Å². The number of ether oxygens (including phenoxy) is 1. The van der Waals surface area contributed by atoms with Crippen molar-refractivity contribution in [2.45, 2.75) is 12.8 Å². The number of fused-ring (bicyclic) bond motifs is 1. The average Bonchev–Trinajstić information content (AvgIpc) is 2.91. The molecule has 0 radical (unpaired) electrons. The molecular weight excluding hydrogens is 342 g/mol. The summed E-state index contributed by atoms with van der Waals surface area (Å²) in [5.41, 5.74) is 0.905. The Bertz CT molecular complexity index is 616. The fraction of sp³-hybridized carbons (Fsp3) is 0.500. The van der Waals surface area contributed by atoms with Crippen molar-refractivity contribution in [3.05, 3.63) is 28.2 Å². The lowest BCUT2D eigenvalue weighted by Crippen LogP contribution is -2.34. The lowest BCUT2D eigenvalue weighted by Gasteiger charge is -2.29. The first-order valence-electron chi connectivity index (χ1n) is 6.76. The number of pyridine rings is 1. The Balaban J connectivity index is 1.77. The Labute approximate surface area is 131 Å². The molecule has 0 saturated carbocycles. The number of piperidine rings is 1. The van der Waals surface area contributed by atoms with E-state index in [1.165, 1.54) is 19.4 Å². The Morgan fingerprint density at radius 2 is 2.40 bits per heavy atom. The van der Waals surface area contributed by atoms with Crippen molar-refractivity contribution in [1.82, 2.24) is 14.3 Å². The molecule has 0 N–H and O–H groups in total. The molecule has 1 fully saturated rings. The highest BCUT2D eigenvalue weighted by atomic mass is 79.9. The van der Waals surface area contributed by atoms with Gasteiger partial charge in [-0.1, -0.05) is 11.6 Å². The molecule has 3 heterocycles. The fourth-order valence-electron chi connectivity index (χ4n) is 2.73. The first-order chi connectivity index (χ1) is 9.65. The summed E-state index contributed by atoms with van der Waals surface area (Å²) < 4.78 is 8.67. The second-order valence-corrected chi connectivity index (χ2v) is 6.59. The van der Waals surface area contributed by atoms with Crippen LogP contribution in [0.3, 0.4) is 0 Å². The van der Waals surface area contributed by atoms with E-state index in [1.54, 1.807) is 12.5 Å². The summed E-state index contributed by atoms with van der Waals surface area (Å²) >= 11 is 9.68. The van der Waals surface area contributed by atoms with Crippen LogP contribution in [0.2, 0.25) is 5.15 Å². The van der Waals surface area contributed by atoms with E-state index in [-0.39, 0.29) is 0 Å². The van der Waals surface area contributed by atoms with Gasteiger partial charge in [-0.15, -0.1) is 0 Å². The minimum absolute atomic E-state index is 0.589. The second kappa shape index (κ2) is 5.92. The van der Waals surface area contributed by atoms with Gasteiger partial charge in [0.15, 0.2) is 0 Å². The molecule has 0 bridgehead atoms. The van der Waals surface area contributed by atoms with Crippen LogP contribution in [-0.4, -0.2) is 41.0 Å². The maximum absolute atomic E-state index is 6.22. The Kier molecular flexibility index (Phi) is 4.19. The highest BCUT2D eigenvalue weighted by molar-refractivity contribution is 9.10. The van der Waals surface area contributed by atoms with Gasteiger partial charge in [-0.25, -0.2) is 4.98 Å². The molecular formula is C14H17BrClN3O. The zero-order valence-corrected chi connectivity index (χ0v) is 13.7. The number of hydrogen-bond donors (Lipinski definition) is 0. The number of halogens is 2. The highest BCUT2D eigenvalue weighted by Crippen LogP contribution is 2.31. The summed E-state index contributed by atoms with van der Waals surface area (Å²) in [7, 11) is 2.17. The summed E-state index contributed by atoms with van der Waals surface area (Å²) in [4.78, 5) is 6.50. The number of nitrogens with zero attached hydrogens (tertiary/aromatic N) is 3. The standard InChI is InChI=1S/C14H17BrClN3O/c1-18-4-2-3-10(7-18)8-20-13-5-11(15)14(16)19-9-17-6-12(13)19/h5-6,9-10H,2-4,7-8H2,1H3. The van der Waals surface area contributed by atoms with E-state index in [0.717, 1.165) is 28.9 Å². The van der Waals surface area contributed by atoms with Crippen LogP contribution in [0.25, 0.3) is 5.52 Å². The molecule has 108 valence electrons. The van der Waals surface area contributed by atoms with Crippen molar-refractivity contribution in [2.75, 3.05) is 26.7 Å². The number of likely N-dealkylation sites (tertiary alicyclic amines) is 1. The first-order valence-corrected chi connectivity index (χ1v) is 7.93. The van der Waals surface area contributed by atoms with Crippen LogP contribution >= 0.6 is 27.5 Å². The van der Waals surface area contributed by atoms with Gasteiger partial charge < -0.3 is 9.64 Å². The molecule has 0 aromatic carbocycles. The third-order valence-electron chi connectivity index (χ3n) is 3.75. The van der Waals surface area contributed by atoms with E-state index in [2.05, 4.69) is 32.9 Å². The monoisotopic (exact) mass is 357 g/mol. The maximum atomic E-state index is 6.22. The molecule has 4 nitrogen and oxygen atoms in total. The summed E-state index contributed by atoms with van der Waals surface area (Å²) in [5.74, 6) is 1.41.